The van der Waals surface area contributed by atoms with Gasteiger partial charge in [0, 0.05) is 12.4 Å². The predicted molar refractivity (Wildman–Crippen MR) is 104 cm³/mol. The second-order valence-corrected chi connectivity index (χ2v) is 6.71. The molecule has 3 heterocycles. The third-order valence-corrected chi connectivity index (χ3v) is 4.64. The minimum atomic E-state index is -0.319. The van der Waals surface area contributed by atoms with E-state index in [4.69, 9.17) is 11.6 Å². The maximum Gasteiger partial charge on any atom is 0.255 e. The number of fused-ring (bicyclic) bond motifs is 1. The first kappa shape index (κ1) is 18.2. The van der Waals surface area contributed by atoms with Crippen molar-refractivity contribution >= 4 is 23.2 Å². The van der Waals surface area contributed by atoms with Crippen molar-refractivity contribution in [2.24, 2.45) is 0 Å². The summed E-state index contributed by atoms with van der Waals surface area (Å²) in [5, 5.41) is 7.80. The van der Waals surface area contributed by atoms with Gasteiger partial charge in [0.25, 0.3) is 5.91 Å². The Bertz CT molecular complexity index is 1150. The van der Waals surface area contributed by atoms with Crippen molar-refractivity contribution in [2.75, 3.05) is 0 Å². The number of halogens is 2. The Hall–Kier alpha value is -3.19. The third-order valence-electron chi connectivity index (χ3n) is 4.41. The Morgan fingerprint density at radius 1 is 1.18 bits per heavy atom. The van der Waals surface area contributed by atoms with Gasteiger partial charge in [0.05, 0.1) is 40.4 Å². The highest BCUT2D eigenvalue weighted by Gasteiger charge is 2.17. The van der Waals surface area contributed by atoms with Gasteiger partial charge in [-0.15, -0.1) is 0 Å². The molecule has 0 saturated carbocycles. The Balaban J connectivity index is 1.53. The van der Waals surface area contributed by atoms with Gasteiger partial charge in [0.2, 0.25) is 0 Å². The van der Waals surface area contributed by atoms with Gasteiger partial charge in [0.1, 0.15) is 11.5 Å². The zero-order valence-corrected chi connectivity index (χ0v) is 15.8. The van der Waals surface area contributed by atoms with Crippen LogP contribution in [0.25, 0.3) is 11.3 Å². The largest absolute Gasteiger partial charge is 0.346 e. The fourth-order valence-electron chi connectivity index (χ4n) is 3.08. The first-order valence-corrected chi connectivity index (χ1v) is 9.17. The second kappa shape index (κ2) is 7.44. The quantitative estimate of drug-likeness (QED) is 0.557. The lowest BCUT2D eigenvalue weighted by Crippen LogP contribution is -2.24. The fourth-order valence-corrected chi connectivity index (χ4v) is 3.25. The van der Waals surface area contributed by atoms with Gasteiger partial charge in [-0.1, -0.05) is 18.5 Å². The molecule has 1 N–H and O–H groups in total. The molecule has 0 unspecified atom stereocenters. The summed E-state index contributed by atoms with van der Waals surface area (Å²) in [7, 11) is 0. The first-order chi connectivity index (χ1) is 13.5. The van der Waals surface area contributed by atoms with Gasteiger partial charge in [-0.05, 0) is 42.8 Å². The summed E-state index contributed by atoms with van der Waals surface area (Å²) in [6.07, 6.45) is 5.72. The smallest absolute Gasteiger partial charge is 0.255 e. The number of hydrogen-bond acceptors (Lipinski definition) is 3. The molecule has 28 heavy (non-hydrogen) atoms. The van der Waals surface area contributed by atoms with Gasteiger partial charge < -0.3 is 9.72 Å². The van der Waals surface area contributed by atoms with Crippen molar-refractivity contribution in [2.45, 2.75) is 19.9 Å². The Kier molecular flexibility index (Phi) is 4.83. The van der Waals surface area contributed by atoms with Crippen LogP contribution in [-0.4, -0.2) is 25.1 Å². The maximum atomic E-state index is 13.2. The molecule has 0 aliphatic heterocycles. The van der Waals surface area contributed by atoms with E-state index in [0.29, 0.717) is 22.7 Å². The van der Waals surface area contributed by atoms with Crippen LogP contribution in [0.5, 0.6) is 0 Å². The van der Waals surface area contributed by atoms with Crippen LogP contribution >= 0.6 is 11.6 Å². The summed E-state index contributed by atoms with van der Waals surface area (Å²) < 4.78 is 16.6. The van der Waals surface area contributed by atoms with Crippen LogP contribution in [0.15, 0.2) is 55.0 Å². The van der Waals surface area contributed by atoms with Crippen LogP contribution in [0.4, 0.5) is 4.39 Å². The minimum absolute atomic E-state index is 0.236. The molecule has 3 aromatic heterocycles. The van der Waals surface area contributed by atoms with E-state index in [1.54, 1.807) is 29.1 Å². The number of rotatable bonds is 5. The van der Waals surface area contributed by atoms with Crippen LogP contribution in [-0.2, 0) is 13.0 Å². The molecule has 142 valence electrons. The number of carbonyl (C=O) groups excluding carboxylic acids is 1. The number of nitrogens with one attached hydrogen (secondary N) is 1. The Labute approximate surface area is 165 Å². The van der Waals surface area contributed by atoms with Gasteiger partial charge in [-0.3, -0.25) is 4.79 Å². The van der Waals surface area contributed by atoms with E-state index in [2.05, 4.69) is 15.4 Å². The van der Waals surface area contributed by atoms with Gasteiger partial charge in [-0.25, -0.2) is 14.1 Å². The molecular weight excluding hydrogens is 381 g/mol. The molecule has 6 nitrogen and oxygen atoms in total. The summed E-state index contributed by atoms with van der Waals surface area (Å²) in [4.78, 5) is 17.1. The van der Waals surface area contributed by atoms with E-state index in [0.717, 1.165) is 17.0 Å². The number of aromatic nitrogens is 4. The van der Waals surface area contributed by atoms with Crippen molar-refractivity contribution in [1.82, 2.24) is 24.5 Å². The van der Waals surface area contributed by atoms with Crippen LogP contribution in [0.2, 0.25) is 5.02 Å². The fraction of sp³-hybridized carbons (Fsp3) is 0.150. The van der Waals surface area contributed by atoms with Crippen molar-refractivity contribution in [3.63, 3.8) is 0 Å². The van der Waals surface area contributed by atoms with Crippen molar-refractivity contribution < 1.29 is 9.18 Å². The van der Waals surface area contributed by atoms with E-state index in [1.807, 2.05) is 23.6 Å². The molecule has 0 spiro atoms. The monoisotopic (exact) mass is 397 g/mol. The van der Waals surface area contributed by atoms with Crippen LogP contribution < -0.4 is 5.32 Å². The number of imidazole rings is 1. The molecule has 0 fully saturated rings. The van der Waals surface area contributed by atoms with Gasteiger partial charge in [-0.2, -0.15) is 5.10 Å². The average molecular weight is 398 g/mol. The standard InChI is InChI=1S/C20H17ClFN5O/c1-2-18-17(10-24-27(18)16-6-4-14(22)5-7-16)20(28)23-9-15-12-26-11-13(21)3-8-19(26)25-15/h3-8,10-12H,2,9H2,1H3,(H,23,28). The molecule has 4 rings (SSSR count). The molecule has 0 aliphatic carbocycles. The predicted octanol–water partition coefficient (Wildman–Crippen LogP) is 3.80. The van der Waals surface area contributed by atoms with Crippen molar-refractivity contribution in [1.29, 1.82) is 0 Å². The van der Waals surface area contributed by atoms with Gasteiger partial charge >= 0.3 is 0 Å². The molecule has 0 radical (unpaired) electrons. The molecule has 0 saturated heterocycles. The molecule has 0 aliphatic rings. The summed E-state index contributed by atoms with van der Waals surface area (Å²) >= 11 is 5.98. The molecule has 1 aromatic carbocycles. The average Bonchev–Trinajstić information content (AvgIpc) is 3.30. The van der Waals surface area contributed by atoms with Gasteiger partial charge in [0.15, 0.2) is 0 Å². The molecule has 4 aromatic rings. The van der Waals surface area contributed by atoms with E-state index < -0.39 is 0 Å². The summed E-state index contributed by atoms with van der Waals surface area (Å²) in [5.41, 5.74) is 3.42. The van der Waals surface area contributed by atoms with E-state index >= 15 is 0 Å². The molecule has 8 heteroatoms. The van der Waals surface area contributed by atoms with E-state index in [9.17, 15) is 9.18 Å². The van der Waals surface area contributed by atoms with Crippen LogP contribution in [0.3, 0.4) is 0 Å². The number of benzene rings is 1. The zero-order valence-electron chi connectivity index (χ0n) is 15.1. The second-order valence-electron chi connectivity index (χ2n) is 6.27. The number of carbonyl (C=O) groups is 1. The summed E-state index contributed by atoms with van der Waals surface area (Å²) in [6, 6.07) is 9.58. The molecule has 0 bridgehead atoms. The molecule has 1 amide bonds. The highest BCUT2D eigenvalue weighted by atomic mass is 35.5. The lowest BCUT2D eigenvalue weighted by Gasteiger charge is -2.08. The number of amides is 1. The zero-order chi connectivity index (χ0) is 19.7. The topological polar surface area (TPSA) is 64.2 Å². The Morgan fingerprint density at radius 2 is 1.96 bits per heavy atom. The number of pyridine rings is 1. The lowest BCUT2D eigenvalue weighted by atomic mass is 10.2. The first-order valence-electron chi connectivity index (χ1n) is 8.79. The van der Waals surface area contributed by atoms with Crippen molar-refractivity contribution in [3.8, 4) is 5.69 Å². The minimum Gasteiger partial charge on any atom is -0.346 e. The highest BCUT2D eigenvalue weighted by Crippen LogP contribution is 2.17. The number of hydrogen-bond donors (Lipinski definition) is 1. The number of nitrogens with zero attached hydrogens (tertiary/aromatic N) is 4. The van der Waals surface area contributed by atoms with Crippen LogP contribution in [0.1, 0.15) is 28.7 Å². The van der Waals surface area contributed by atoms with Crippen LogP contribution in [0, 0.1) is 5.82 Å². The maximum absolute atomic E-state index is 13.2. The molecular formula is C20H17ClFN5O. The normalized spacial score (nSPS) is 11.1. The van der Waals surface area contributed by atoms with Crippen molar-refractivity contribution in [3.05, 3.63) is 82.8 Å². The SMILES string of the molecule is CCc1c(C(=O)NCc2cn3cc(Cl)ccc3n2)cnn1-c1ccc(F)cc1. The van der Waals surface area contributed by atoms with E-state index in [-0.39, 0.29) is 18.3 Å². The third kappa shape index (κ3) is 3.48. The molecule has 0 atom stereocenters. The lowest BCUT2D eigenvalue weighted by molar-refractivity contribution is 0.0949. The Morgan fingerprint density at radius 3 is 2.71 bits per heavy atom. The summed E-state index contributed by atoms with van der Waals surface area (Å²) in [5.74, 6) is -0.555. The highest BCUT2D eigenvalue weighted by molar-refractivity contribution is 6.30. The summed E-state index contributed by atoms with van der Waals surface area (Å²) in [6.45, 7) is 2.22. The van der Waals surface area contributed by atoms with E-state index in [1.165, 1.54) is 18.3 Å².